The van der Waals surface area contributed by atoms with Gasteiger partial charge in [0.25, 0.3) is 11.5 Å². The van der Waals surface area contributed by atoms with Crippen LogP contribution >= 0.6 is 11.6 Å². The maximum atomic E-state index is 13.8. The van der Waals surface area contributed by atoms with Crippen LogP contribution in [0.25, 0.3) is 16.4 Å². The van der Waals surface area contributed by atoms with Crippen molar-refractivity contribution in [3.63, 3.8) is 0 Å². The summed E-state index contributed by atoms with van der Waals surface area (Å²) in [7, 11) is 0. The Morgan fingerprint density at radius 2 is 2.16 bits per heavy atom. The highest BCUT2D eigenvalue weighted by Gasteiger charge is 2.33. The minimum atomic E-state index is -0.492. The predicted molar refractivity (Wildman–Crippen MR) is 114 cm³/mol. The lowest BCUT2D eigenvalue weighted by molar-refractivity contribution is 0.0273. The van der Waals surface area contributed by atoms with Gasteiger partial charge in [-0.2, -0.15) is 0 Å². The summed E-state index contributed by atoms with van der Waals surface area (Å²) in [4.78, 5) is 34.8. The van der Waals surface area contributed by atoms with Gasteiger partial charge in [0.2, 0.25) is 0 Å². The summed E-state index contributed by atoms with van der Waals surface area (Å²) in [6.45, 7) is 2.73. The molecule has 1 N–H and O–H groups in total. The normalized spacial score (nSPS) is 15.9. The Morgan fingerprint density at radius 1 is 1.32 bits per heavy atom. The van der Waals surface area contributed by atoms with Gasteiger partial charge in [-0.25, -0.2) is 9.37 Å². The standard InChI is InChI=1S/C22H18ClFN4O3/c1-2-28(22(30)16-9-27-8-12(23)3-6-19(27)25-16)18-11-31-10-17-20(18)14-5-4-13(24)7-15(14)21(29)26-17/h3-9,18H,2,10-11H2,1H3,(H,26,29). The molecular weight excluding hydrogens is 423 g/mol. The van der Waals surface area contributed by atoms with E-state index in [-0.39, 0.29) is 35.8 Å². The zero-order valence-corrected chi connectivity index (χ0v) is 17.3. The van der Waals surface area contributed by atoms with Crippen LogP contribution in [-0.4, -0.2) is 38.3 Å². The van der Waals surface area contributed by atoms with Gasteiger partial charge < -0.3 is 19.0 Å². The lowest BCUT2D eigenvalue weighted by Crippen LogP contribution is -2.40. The van der Waals surface area contributed by atoms with Crippen molar-refractivity contribution in [1.29, 1.82) is 0 Å². The fourth-order valence-electron chi connectivity index (χ4n) is 4.19. The van der Waals surface area contributed by atoms with Gasteiger partial charge >= 0.3 is 0 Å². The highest BCUT2D eigenvalue weighted by Crippen LogP contribution is 2.34. The number of pyridine rings is 2. The molecule has 3 aromatic heterocycles. The molecule has 0 saturated carbocycles. The molecule has 0 aliphatic carbocycles. The van der Waals surface area contributed by atoms with Gasteiger partial charge in [0, 0.05) is 30.2 Å². The first-order valence-corrected chi connectivity index (χ1v) is 10.2. The van der Waals surface area contributed by atoms with Crippen LogP contribution in [0, 0.1) is 5.82 Å². The maximum Gasteiger partial charge on any atom is 0.274 e. The van der Waals surface area contributed by atoms with Crippen molar-refractivity contribution in [1.82, 2.24) is 19.3 Å². The van der Waals surface area contributed by atoms with Crippen LogP contribution in [0.1, 0.15) is 34.7 Å². The van der Waals surface area contributed by atoms with Gasteiger partial charge in [0.15, 0.2) is 0 Å². The highest BCUT2D eigenvalue weighted by molar-refractivity contribution is 6.30. The second kappa shape index (κ2) is 7.47. The zero-order valence-electron chi connectivity index (χ0n) is 16.6. The molecule has 1 aliphatic heterocycles. The summed E-state index contributed by atoms with van der Waals surface area (Å²) in [5.41, 5.74) is 1.85. The van der Waals surface area contributed by atoms with Crippen molar-refractivity contribution >= 4 is 33.9 Å². The number of hydrogen-bond donors (Lipinski definition) is 1. The van der Waals surface area contributed by atoms with Crippen LogP contribution in [-0.2, 0) is 11.3 Å². The number of nitrogens with zero attached hydrogens (tertiary/aromatic N) is 3. The number of ether oxygens (including phenoxy) is 1. The molecule has 158 valence electrons. The van der Waals surface area contributed by atoms with Crippen LogP contribution in [0.3, 0.4) is 0 Å². The Kier molecular flexibility index (Phi) is 4.75. The van der Waals surface area contributed by atoms with Gasteiger partial charge in [-0.1, -0.05) is 17.7 Å². The van der Waals surface area contributed by atoms with Crippen molar-refractivity contribution in [2.45, 2.75) is 19.6 Å². The lowest BCUT2D eigenvalue weighted by atomic mass is 9.95. The van der Waals surface area contributed by atoms with Crippen LogP contribution in [0.4, 0.5) is 4.39 Å². The number of aromatic amines is 1. The lowest BCUT2D eigenvalue weighted by Gasteiger charge is -2.35. The number of nitrogens with one attached hydrogen (secondary N) is 1. The number of carbonyl (C=O) groups is 1. The van der Waals surface area contributed by atoms with E-state index < -0.39 is 11.9 Å². The number of rotatable bonds is 3. The van der Waals surface area contributed by atoms with Crippen molar-refractivity contribution in [3.8, 4) is 0 Å². The highest BCUT2D eigenvalue weighted by atomic mass is 35.5. The summed E-state index contributed by atoms with van der Waals surface area (Å²) >= 11 is 6.04. The second-order valence-electron chi connectivity index (χ2n) is 7.40. The van der Waals surface area contributed by atoms with Gasteiger partial charge in [0.1, 0.15) is 17.2 Å². The van der Waals surface area contributed by atoms with Crippen molar-refractivity contribution < 1.29 is 13.9 Å². The molecule has 9 heteroatoms. The molecule has 5 rings (SSSR count). The minimum Gasteiger partial charge on any atom is -0.373 e. The number of H-pyrrole nitrogens is 1. The Hall–Kier alpha value is -3.23. The maximum absolute atomic E-state index is 13.8. The summed E-state index contributed by atoms with van der Waals surface area (Å²) in [5.74, 6) is -0.765. The fraction of sp³-hybridized carbons (Fsp3) is 0.227. The number of aromatic nitrogens is 3. The van der Waals surface area contributed by atoms with Gasteiger partial charge in [-0.15, -0.1) is 0 Å². The van der Waals surface area contributed by atoms with E-state index in [0.29, 0.717) is 28.3 Å². The smallest absolute Gasteiger partial charge is 0.274 e. The molecule has 1 unspecified atom stereocenters. The van der Waals surface area contributed by atoms with E-state index in [0.717, 1.165) is 5.56 Å². The molecular formula is C22H18ClFN4O3. The number of amides is 1. The quantitative estimate of drug-likeness (QED) is 0.526. The first kappa shape index (κ1) is 19.7. The number of likely N-dealkylation sites (N-methyl/N-ethyl adjacent to an activating group) is 1. The van der Waals surface area contributed by atoms with E-state index in [4.69, 9.17) is 16.3 Å². The van der Waals surface area contributed by atoms with E-state index in [1.807, 2.05) is 6.92 Å². The predicted octanol–water partition coefficient (Wildman–Crippen LogP) is 3.70. The molecule has 0 saturated heterocycles. The van der Waals surface area contributed by atoms with Crippen LogP contribution in [0.5, 0.6) is 0 Å². The second-order valence-corrected chi connectivity index (χ2v) is 7.83. The third kappa shape index (κ3) is 3.28. The van der Waals surface area contributed by atoms with Crippen molar-refractivity contribution in [2.75, 3.05) is 13.2 Å². The molecule has 31 heavy (non-hydrogen) atoms. The molecule has 0 spiro atoms. The Bertz CT molecular complexity index is 1400. The summed E-state index contributed by atoms with van der Waals surface area (Å²) in [5, 5.41) is 1.39. The first-order chi connectivity index (χ1) is 15.0. The van der Waals surface area contributed by atoms with E-state index in [2.05, 4.69) is 9.97 Å². The Morgan fingerprint density at radius 3 is 2.97 bits per heavy atom. The molecule has 0 bridgehead atoms. The molecule has 0 fully saturated rings. The largest absolute Gasteiger partial charge is 0.373 e. The fourth-order valence-corrected chi connectivity index (χ4v) is 4.36. The summed E-state index contributed by atoms with van der Waals surface area (Å²) < 4.78 is 21.2. The summed E-state index contributed by atoms with van der Waals surface area (Å²) in [6.07, 6.45) is 3.32. The van der Waals surface area contributed by atoms with Crippen molar-refractivity contribution in [3.05, 3.63) is 80.9 Å². The molecule has 1 atom stereocenters. The molecule has 4 aromatic rings. The average molecular weight is 441 g/mol. The van der Waals surface area contributed by atoms with Gasteiger partial charge in [-0.3, -0.25) is 9.59 Å². The van der Waals surface area contributed by atoms with Crippen LogP contribution in [0.2, 0.25) is 5.02 Å². The topological polar surface area (TPSA) is 79.7 Å². The monoisotopic (exact) mass is 440 g/mol. The molecule has 1 amide bonds. The third-order valence-corrected chi connectivity index (χ3v) is 5.80. The average Bonchev–Trinajstić information content (AvgIpc) is 3.17. The van der Waals surface area contributed by atoms with E-state index in [1.54, 1.807) is 39.9 Å². The molecule has 0 radical (unpaired) electrons. The number of hydrogen-bond acceptors (Lipinski definition) is 4. The third-order valence-electron chi connectivity index (χ3n) is 5.57. The van der Waals surface area contributed by atoms with Gasteiger partial charge in [-0.05, 0) is 36.6 Å². The van der Waals surface area contributed by atoms with E-state index in [1.165, 1.54) is 12.1 Å². The van der Waals surface area contributed by atoms with E-state index >= 15 is 0 Å². The number of halogens is 2. The zero-order chi connectivity index (χ0) is 21.7. The first-order valence-electron chi connectivity index (χ1n) is 9.83. The molecule has 1 aromatic carbocycles. The van der Waals surface area contributed by atoms with Crippen LogP contribution in [0.15, 0.2) is 47.5 Å². The van der Waals surface area contributed by atoms with Gasteiger partial charge in [0.05, 0.1) is 29.7 Å². The Labute approximate surface area is 181 Å². The number of fused-ring (bicyclic) bond motifs is 4. The number of carbonyl (C=O) groups excluding carboxylic acids is 1. The minimum absolute atomic E-state index is 0.215. The summed E-state index contributed by atoms with van der Waals surface area (Å²) in [6, 6.07) is 7.11. The SMILES string of the molecule is CCN(C(=O)c1cn2cc(Cl)ccc2n1)C1COCc2[nH]c(=O)c3cc(F)ccc3c21. The number of benzene rings is 1. The molecule has 7 nitrogen and oxygen atoms in total. The Balaban J connectivity index is 1.62. The molecule has 4 heterocycles. The number of imidazole rings is 1. The van der Waals surface area contributed by atoms with E-state index in [9.17, 15) is 14.0 Å². The van der Waals surface area contributed by atoms with Crippen LogP contribution < -0.4 is 5.56 Å². The van der Waals surface area contributed by atoms with Crippen molar-refractivity contribution in [2.24, 2.45) is 0 Å². The molecule has 1 aliphatic rings.